The van der Waals surface area contributed by atoms with Gasteiger partial charge >= 0.3 is 6.03 Å². The van der Waals surface area contributed by atoms with E-state index in [4.69, 9.17) is 4.74 Å². The van der Waals surface area contributed by atoms with Crippen molar-refractivity contribution in [1.82, 2.24) is 10.2 Å². The Balaban J connectivity index is 1.66. The van der Waals surface area contributed by atoms with E-state index in [-0.39, 0.29) is 12.5 Å². The molecule has 1 saturated heterocycles. The zero-order chi connectivity index (χ0) is 20.0. The van der Waals surface area contributed by atoms with Gasteiger partial charge in [0.25, 0.3) is 5.91 Å². The minimum atomic E-state index is -0.833. The van der Waals surface area contributed by atoms with Crippen molar-refractivity contribution < 1.29 is 19.1 Å². The number of rotatable bonds is 6. The summed E-state index contributed by atoms with van der Waals surface area (Å²) in [5, 5.41) is 5.64. The first kappa shape index (κ1) is 20.2. The summed E-state index contributed by atoms with van der Waals surface area (Å²) >= 11 is 0. The lowest BCUT2D eigenvalue weighted by Gasteiger charge is -2.28. The Morgan fingerprint density at radius 2 is 1.82 bits per heavy atom. The molecular formula is C21H29N3O4. The Morgan fingerprint density at radius 3 is 2.54 bits per heavy atom. The first-order chi connectivity index (χ1) is 13.6. The van der Waals surface area contributed by atoms with Crippen molar-refractivity contribution in [3.8, 4) is 5.75 Å². The molecule has 0 radical (unpaired) electrons. The summed E-state index contributed by atoms with van der Waals surface area (Å²) in [7, 11) is 0. The number of imide groups is 1. The first-order valence-corrected chi connectivity index (χ1v) is 10.2. The van der Waals surface area contributed by atoms with Gasteiger partial charge in [0.15, 0.2) is 0 Å². The van der Waals surface area contributed by atoms with E-state index in [9.17, 15) is 14.4 Å². The zero-order valence-corrected chi connectivity index (χ0v) is 16.5. The number of amides is 4. The van der Waals surface area contributed by atoms with E-state index in [0.717, 1.165) is 37.0 Å². The molecule has 2 fully saturated rings. The maximum absolute atomic E-state index is 13.0. The molecule has 1 aliphatic carbocycles. The average molecular weight is 387 g/mol. The number of carbonyl (C=O) groups excluding carboxylic acids is 3. The number of hydrogen-bond acceptors (Lipinski definition) is 4. The summed E-state index contributed by atoms with van der Waals surface area (Å²) < 4.78 is 5.64. The topological polar surface area (TPSA) is 87.7 Å². The van der Waals surface area contributed by atoms with Crippen LogP contribution in [-0.4, -0.2) is 41.4 Å². The highest BCUT2D eigenvalue weighted by atomic mass is 16.5. The lowest BCUT2D eigenvalue weighted by molar-refractivity contribution is -0.134. The molecule has 0 atom stereocenters. The quantitative estimate of drug-likeness (QED) is 0.732. The highest BCUT2D eigenvalue weighted by molar-refractivity contribution is 6.10. The van der Waals surface area contributed by atoms with Gasteiger partial charge in [-0.3, -0.25) is 14.5 Å². The fourth-order valence-electron chi connectivity index (χ4n) is 3.91. The molecule has 1 spiro atoms. The second-order valence-electron chi connectivity index (χ2n) is 7.56. The van der Waals surface area contributed by atoms with Crippen LogP contribution in [0.25, 0.3) is 0 Å². The van der Waals surface area contributed by atoms with Crippen molar-refractivity contribution in [3.05, 3.63) is 24.3 Å². The number of carbonyl (C=O) groups is 3. The molecule has 28 heavy (non-hydrogen) atoms. The van der Waals surface area contributed by atoms with Crippen LogP contribution in [0, 0.1) is 0 Å². The fraction of sp³-hybridized carbons (Fsp3) is 0.571. The van der Waals surface area contributed by atoms with Crippen LogP contribution in [0.2, 0.25) is 0 Å². The van der Waals surface area contributed by atoms with Gasteiger partial charge in [0, 0.05) is 0 Å². The van der Waals surface area contributed by atoms with E-state index in [1.54, 1.807) is 18.2 Å². The van der Waals surface area contributed by atoms with Crippen molar-refractivity contribution in [2.45, 2.75) is 63.8 Å². The Kier molecular flexibility index (Phi) is 6.54. The summed E-state index contributed by atoms with van der Waals surface area (Å²) in [4.78, 5) is 39.0. The molecule has 0 aromatic heterocycles. The van der Waals surface area contributed by atoms with Crippen molar-refractivity contribution in [1.29, 1.82) is 0 Å². The number of ether oxygens (including phenoxy) is 1. The smallest absolute Gasteiger partial charge is 0.325 e. The third-order valence-corrected chi connectivity index (χ3v) is 5.38. The number of benzene rings is 1. The molecular weight excluding hydrogens is 358 g/mol. The minimum Gasteiger partial charge on any atom is -0.491 e. The molecule has 4 amide bonds. The maximum atomic E-state index is 13.0. The Hall–Kier alpha value is -2.57. The van der Waals surface area contributed by atoms with E-state index >= 15 is 0 Å². The summed E-state index contributed by atoms with van der Waals surface area (Å²) in [5.41, 5.74) is -0.298. The second-order valence-corrected chi connectivity index (χ2v) is 7.56. The van der Waals surface area contributed by atoms with Gasteiger partial charge in [0.2, 0.25) is 5.91 Å². The van der Waals surface area contributed by atoms with E-state index in [0.29, 0.717) is 30.9 Å². The van der Waals surface area contributed by atoms with Gasteiger partial charge in [0.05, 0.1) is 12.3 Å². The largest absolute Gasteiger partial charge is 0.491 e. The normalized spacial score (nSPS) is 19.1. The second kappa shape index (κ2) is 9.08. The molecule has 0 bridgehead atoms. The maximum Gasteiger partial charge on any atom is 0.325 e. The third kappa shape index (κ3) is 4.46. The molecule has 1 aromatic carbocycles. The lowest BCUT2D eigenvalue weighted by atomic mass is 9.84. The predicted molar refractivity (Wildman–Crippen MR) is 106 cm³/mol. The lowest BCUT2D eigenvalue weighted by Crippen LogP contribution is -2.47. The molecule has 152 valence electrons. The van der Waals surface area contributed by atoms with Crippen LogP contribution in [0.5, 0.6) is 5.75 Å². The van der Waals surface area contributed by atoms with Gasteiger partial charge in [-0.15, -0.1) is 0 Å². The molecule has 1 aliphatic heterocycles. The van der Waals surface area contributed by atoms with Gasteiger partial charge in [-0.2, -0.15) is 0 Å². The Labute approximate surface area is 165 Å². The highest BCUT2D eigenvalue weighted by Gasteiger charge is 2.50. The molecule has 1 aromatic rings. The summed E-state index contributed by atoms with van der Waals surface area (Å²) in [5.74, 6) is -0.115. The summed E-state index contributed by atoms with van der Waals surface area (Å²) in [6.45, 7) is 2.25. The van der Waals surface area contributed by atoms with E-state index in [2.05, 4.69) is 10.6 Å². The monoisotopic (exact) mass is 387 g/mol. The Bertz CT molecular complexity index is 726. The van der Waals surface area contributed by atoms with Gasteiger partial charge in [-0.25, -0.2) is 4.79 Å². The first-order valence-electron chi connectivity index (χ1n) is 10.2. The molecule has 0 unspecified atom stereocenters. The van der Waals surface area contributed by atoms with Crippen molar-refractivity contribution >= 4 is 23.5 Å². The standard InChI is InChI=1S/C21H29N3O4/c1-2-14-28-17-11-7-6-10-16(17)22-18(25)15-24-19(26)21(23-20(24)27)12-8-4-3-5-9-13-21/h6-7,10-11H,2-5,8-9,12-15H2,1H3,(H,22,25)(H,23,27). The van der Waals surface area contributed by atoms with Crippen LogP contribution in [-0.2, 0) is 9.59 Å². The molecule has 7 nitrogen and oxygen atoms in total. The van der Waals surface area contributed by atoms with Crippen LogP contribution in [0.3, 0.4) is 0 Å². The van der Waals surface area contributed by atoms with E-state index in [1.165, 1.54) is 6.42 Å². The number of nitrogens with one attached hydrogen (secondary N) is 2. The number of anilines is 1. The van der Waals surface area contributed by atoms with Crippen molar-refractivity contribution in [3.63, 3.8) is 0 Å². The van der Waals surface area contributed by atoms with E-state index < -0.39 is 17.5 Å². The molecule has 2 N–H and O–H groups in total. The number of hydrogen-bond donors (Lipinski definition) is 2. The summed E-state index contributed by atoms with van der Waals surface area (Å²) in [6.07, 6.45) is 7.27. The van der Waals surface area contributed by atoms with Crippen molar-refractivity contribution in [2.24, 2.45) is 0 Å². The third-order valence-electron chi connectivity index (χ3n) is 5.38. The average Bonchev–Trinajstić information content (AvgIpc) is 2.89. The summed E-state index contributed by atoms with van der Waals surface area (Å²) in [6, 6.07) is 6.67. The number of nitrogens with zero attached hydrogens (tertiary/aromatic N) is 1. The fourth-order valence-corrected chi connectivity index (χ4v) is 3.91. The minimum absolute atomic E-state index is 0.273. The van der Waals surface area contributed by atoms with Gasteiger partial charge in [-0.05, 0) is 31.4 Å². The van der Waals surface area contributed by atoms with Gasteiger partial charge in [-0.1, -0.05) is 51.2 Å². The van der Waals surface area contributed by atoms with E-state index in [1.807, 2.05) is 13.0 Å². The molecule has 2 aliphatic rings. The van der Waals surface area contributed by atoms with Crippen LogP contribution < -0.4 is 15.4 Å². The van der Waals surface area contributed by atoms with Gasteiger partial charge in [0.1, 0.15) is 17.8 Å². The molecule has 1 heterocycles. The van der Waals surface area contributed by atoms with Crippen LogP contribution in [0.15, 0.2) is 24.3 Å². The van der Waals surface area contributed by atoms with Crippen LogP contribution in [0.4, 0.5) is 10.5 Å². The molecule has 1 saturated carbocycles. The molecule has 3 rings (SSSR count). The number of para-hydroxylation sites is 2. The van der Waals surface area contributed by atoms with Crippen LogP contribution >= 0.6 is 0 Å². The Morgan fingerprint density at radius 1 is 1.14 bits per heavy atom. The highest BCUT2D eigenvalue weighted by Crippen LogP contribution is 2.32. The van der Waals surface area contributed by atoms with Crippen LogP contribution in [0.1, 0.15) is 58.3 Å². The molecule has 7 heteroatoms. The predicted octanol–water partition coefficient (Wildman–Crippen LogP) is 3.45. The van der Waals surface area contributed by atoms with Gasteiger partial charge < -0.3 is 15.4 Å². The number of urea groups is 1. The van der Waals surface area contributed by atoms with Crippen molar-refractivity contribution in [2.75, 3.05) is 18.5 Å². The SMILES string of the molecule is CCCOc1ccccc1NC(=O)CN1C(=O)NC2(CCCCCCC2)C1=O. The zero-order valence-electron chi connectivity index (χ0n) is 16.5.